The van der Waals surface area contributed by atoms with Crippen molar-refractivity contribution in [3.05, 3.63) is 70.1 Å². The maximum atomic E-state index is 12.3. The molecule has 0 radical (unpaired) electrons. The molecule has 1 N–H and O–H groups in total. The molecule has 0 aliphatic heterocycles. The molecule has 0 bridgehead atoms. The molecule has 0 aliphatic carbocycles. The van der Waals surface area contributed by atoms with Crippen LogP contribution in [-0.4, -0.2) is 40.3 Å². The number of hydrogen-bond acceptors (Lipinski definition) is 4. The Morgan fingerprint density at radius 1 is 1.11 bits per heavy atom. The monoisotopic (exact) mass is 426 g/mol. The van der Waals surface area contributed by atoms with Gasteiger partial charge in [-0.15, -0.1) is 0 Å². The number of aryl methyl sites for hydroxylation is 1. The SMILES string of the molecule is Cc1nc(CN(C)C(=O)CNC(=O)c2cccc(Br)c2)nc2ccccc12. The Bertz CT molecular complexity index is 1010. The van der Waals surface area contributed by atoms with Crippen molar-refractivity contribution in [2.75, 3.05) is 13.6 Å². The van der Waals surface area contributed by atoms with Gasteiger partial charge >= 0.3 is 0 Å². The topological polar surface area (TPSA) is 75.2 Å². The molecule has 0 atom stereocenters. The summed E-state index contributed by atoms with van der Waals surface area (Å²) in [6.07, 6.45) is 0. The Labute approximate surface area is 165 Å². The fraction of sp³-hybridized carbons (Fsp3) is 0.200. The second-order valence-corrected chi connectivity index (χ2v) is 7.10. The second kappa shape index (κ2) is 8.26. The summed E-state index contributed by atoms with van der Waals surface area (Å²) >= 11 is 3.32. The normalized spacial score (nSPS) is 10.6. The third kappa shape index (κ3) is 4.68. The van der Waals surface area contributed by atoms with Crippen LogP contribution in [0.2, 0.25) is 0 Å². The molecule has 0 spiro atoms. The summed E-state index contributed by atoms with van der Waals surface area (Å²) in [6, 6.07) is 14.8. The molecular weight excluding hydrogens is 408 g/mol. The van der Waals surface area contributed by atoms with Crippen molar-refractivity contribution < 1.29 is 9.59 Å². The van der Waals surface area contributed by atoms with Crippen LogP contribution in [-0.2, 0) is 11.3 Å². The molecule has 138 valence electrons. The third-order valence-electron chi connectivity index (χ3n) is 4.13. The maximum absolute atomic E-state index is 12.3. The summed E-state index contributed by atoms with van der Waals surface area (Å²) in [5, 5.41) is 3.64. The lowest BCUT2D eigenvalue weighted by molar-refractivity contribution is -0.129. The first-order chi connectivity index (χ1) is 12.9. The zero-order valence-electron chi connectivity index (χ0n) is 15.1. The van der Waals surface area contributed by atoms with Crippen LogP contribution in [0.4, 0.5) is 0 Å². The molecule has 0 fully saturated rings. The van der Waals surface area contributed by atoms with Crippen LogP contribution >= 0.6 is 15.9 Å². The number of likely N-dealkylation sites (N-methyl/N-ethyl adjacent to an activating group) is 1. The Kier molecular flexibility index (Phi) is 5.81. The second-order valence-electron chi connectivity index (χ2n) is 6.19. The van der Waals surface area contributed by atoms with Crippen molar-refractivity contribution in [1.82, 2.24) is 20.2 Å². The van der Waals surface area contributed by atoms with Gasteiger partial charge in [-0.3, -0.25) is 9.59 Å². The number of rotatable bonds is 5. The fourth-order valence-electron chi connectivity index (χ4n) is 2.69. The highest BCUT2D eigenvalue weighted by Gasteiger charge is 2.14. The van der Waals surface area contributed by atoms with Crippen molar-refractivity contribution in [1.29, 1.82) is 0 Å². The first-order valence-corrected chi connectivity index (χ1v) is 9.23. The summed E-state index contributed by atoms with van der Waals surface area (Å²) in [7, 11) is 1.67. The van der Waals surface area contributed by atoms with E-state index >= 15 is 0 Å². The largest absolute Gasteiger partial charge is 0.343 e. The van der Waals surface area contributed by atoms with Gasteiger partial charge in [-0.05, 0) is 31.2 Å². The standard InChI is InChI=1S/C20H19BrN4O2/c1-13-16-8-3-4-9-17(16)24-18(23-13)12-25(2)19(26)11-22-20(27)14-6-5-7-15(21)10-14/h3-10H,11-12H2,1-2H3,(H,22,27). The molecule has 0 aliphatic rings. The summed E-state index contributed by atoms with van der Waals surface area (Å²) in [6.45, 7) is 2.11. The predicted molar refractivity (Wildman–Crippen MR) is 107 cm³/mol. The quantitative estimate of drug-likeness (QED) is 0.679. The molecule has 3 rings (SSSR count). The zero-order chi connectivity index (χ0) is 19.4. The summed E-state index contributed by atoms with van der Waals surface area (Å²) < 4.78 is 0.808. The van der Waals surface area contributed by atoms with E-state index in [0.29, 0.717) is 11.4 Å². The number of halogens is 1. The first-order valence-electron chi connectivity index (χ1n) is 8.44. The van der Waals surface area contributed by atoms with Crippen LogP contribution in [0.15, 0.2) is 53.0 Å². The van der Waals surface area contributed by atoms with Gasteiger partial charge in [-0.2, -0.15) is 0 Å². The number of aromatic nitrogens is 2. The third-order valence-corrected chi connectivity index (χ3v) is 4.62. The average Bonchev–Trinajstić information content (AvgIpc) is 2.65. The van der Waals surface area contributed by atoms with Gasteiger partial charge in [-0.1, -0.05) is 40.2 Å². The van der Waals surface area contributed by atoms with Gasteiger partial charge in [0.15, 0.2) is 0 Å². The first kappa shape index (κ1) is 19.0. The Morgan fingerprint density at radius 3 is 2.67 bits per heavy atom. The van der Waals surface area contributed by atoms with Crippen molar-refractivity contribution in [3.8, 4) is 0 Å². The Morgan fingerprint density at radius 2 is 1.89 bits per heavy atom. The highest BCUT2D eigenvalue weighted by atomic mass is 79.9. The molecule has 6 nitrogen and oxygen atoms in total. The fourth-order valence-corrected chi connectivity index (χ4v) is 3.09. The number of nitrogens with zero attached hydrogens (tertiary/aromatic N) is 3. The van der Waals surface area contributed by atoms with E-state index in [2.05, 4.69) is 31.2 Å². The lowest BCUT2D eigenvalue weighted by Crippen LogP contribution is -2.38. The van der Waals surface area contributed by atoms with Crippen molar-refractivity contribution >= 4 is 38.6 Å². The van der Waals surface area contributed by atoms with Crippen molar-refractivity contribution in [2.45, 2.75) is 13.5 Å². The van der Waals surface area contributed by atoms with E-state index in [-0.39, 0.29) is 24.9 Å². The van der Waals surface area contributed by atoms with Crippen molar-refractivity contribution in [3.63, 3.8) is 0 Å². The van der Waals surface area contributed by atoms with Gasteiger partial charge in [0, 0.05) is 28.2 Å². The number of nitrogens with one attached hydrogen (secondary N) is 1. The molecule has 2 amide bonds. The molecule has 0 saturated carbocycles. The molecule has 7 heteroatoms. The number of fused-ring (bicyclic) bond motifs is 1. The Hall–Kier alpha value is -2.80. The summed E-state index contributed by atoms with van der Waals surface area (Å²) in [5.41, 5.74) is 2.22. The minimum Gasteiger partial charge on any atom is -0.343 e. The van der Waals surface area contributed by atoms with Gasteiger partial charge in [0.05, 0.1) is 18.6 Å². The van der Waals surface area contributed by atoms with E-state index in [4.69, 9.17) is 0 Å². The van der Waals surface area contributed by atoms with Crippen LogP contribution in [0.25, 0.3) is 10.9 Å². The predicted octanol–water partition coefficient (Wildman–Crippen LogP) is 3.09. The van der Waals surface area contributed by atoms with Gasteiger partial charge in [-0.25, -0.2) is 9.97 Å². The van der Waals surface area contributed by atoms with Crippen LogP contribution in [0.1, 0.15) is 21.9 Å². The van der Waals surface area contributed by atoms with Crippen molar-refractivity contribution in [2.24, 2.45) is 0 Å². The summed E-state index contributed by atoms with van der Waals surface area (Å²) in [5.74, 6) is 0.0592. The molecule has 0 saturated heterocycles. The van der Waals surface area contributed by atoms with E-state index in [0.717, 1.165) is 21.1 Å². The van der Waals surface area contributed by atoms with E-state index in [1.165, 1.54) is 4.90 Å². The maximum Gasteiger partial charge on any atom is 0.251 e. The van der Waals surface area contributed by atoms with Crippen LogP contribution in [0, 0.1) is 6.92 Å². The molecular formula is C20H19BrN4O2. The molecule has 1 heterocycles. The molecule has 3 aromatic rings. The molecule has 1 aromatic heterocycles. The molecule has 0 unspecified atom stereocenters. The minimum atomic E-state index is -0.296. The van der Waals surface area contributed by atoms with Crippen LogP contribution in [0.5, 0.6) is 0 Å². The lowest BCUT2D eigenvalue weighted by Gasteiger charge is -2.17. The number of hydrogen-bond donors (Lipinski definition) is 1. The van der Waals surface area contributed by atoms with Crippen LogP contribution < -0.4 is 5.32 Å². The van der Waals surface area contributed by atoms with E-state index < -0.39 is 0 Å². The number of benzene rings is 2. The van der Waals surface area contributed by atoms with E-state index in [1.807, 2.05) is 37.3 Å². The minimum absolute atomic E-state index is 0.0889. The highest BCUT2D eigenvalue weighted by Crippen LogP contribution is 2.15. The number of carbonyl (C=O) groups is 2. The molecule has 27 heavy (non-hydrogen) atoms. The highest BCUT2D eigenvalue weighted by molar-refractivity contribution is 9.10. The van der Waals surface area contributed by atoms with E-state index in [9.17, 15) is 9.59 Å². The van der Waals surface area contributed by atoms with Gasteiger partial charge in [0.1, 0.15) is 5.82 Å². The number of para-hydroxylation sites is 1. The van der Waals surface area contributed by atoms with E-state index in [1.54, 1.807) is 25.2 Å². The van der Waals surface area contributed by atoms with Gasteiger partial charge < -0.3 is 10.2 Å². The van der Waals surface area contributed by atoms with Gasteiger partial charge in [0.25, 0.3) is 5.91 Å². The summed E-state index contributed by atoms with van der Waals surface area (Å²) in [4.78, 5) is 35.0. The van der Waals surface area contributed by atoms with Gasteiger partial charge in [0.2, 0.25) is 5.91 Å². The smallest absolute Gasteiger partial charge is 0.251 e. The average molecular weight is 427 g/mol. The zero-order valence-corrected chi connectivity index (χ0v) is 16.7. The lowest BCUT2D eigenvalue weighted by atomic mass is 10.2. The number of amides is 2. The molecule has 2 aromatic carbocycles. The van der Waals surface area contributed by atoms with Crippen LogP contribution in [0.3, 0.4) is 0 Å². The Balaban J connectivity index is 1.61. The number of carbonyl (C=O) groups excluding carboxylic acids is 2.